The number of benzene rings is 1. The zero-order chi connectivity index (χ0) is 15.4. The molecule has 20 heavy (non-hydrogen) atoms. The summed E-state index contributed by atoms with van der Waals surface area (Å²) in [5.74, 6) is -1.30. The third kappa shape index (κ3) is 4.22. The van der Waals surface area contributed by atoms with E-state index in [9.17, 15) is 26.4 Å². The van der Waals surface area contributed by atoms with Crippen molar-refractivity contribution >= 4 is 15.9 Å². The number of alkyl halides is 3. The van der Waals surface area contributed by atoms with Crippen LogP contribution < -0.4 is 4.72 Å². The predicted octanol–water partition coefficient (Wildman–Crippen LogP) is 2.61. The highest BCUT2D eigenvalue weighted by molar-refractivity contribution is 7.90. The van der Waals surface area contributed by atoms with Crippen LogP contribution in [0.2, 0.25) is 0 Å². The average Bonchev–Trinajstić information content (AvgIpc) is 2.35. The molecule has 0 spiro atoms. The minimum absolute atomic E-state index is 0.141. The number of sulfonamides is 1. The van der Waals surface area contributed by atoms with Gasteiger partial charge in [0, 0.05) is 5.56 Å². The van der Waals surface area contributed by atoms with Gasteiger partial charge in [-0.25, -0.2) is 4.72 Å². The summed E-state index contributed by atoms with van der Waals surface area (Å²) >= 11 is 0. The Morgan fingerprint density at radius 3 is 2.20 bits per heavy atom. The molecule has 0 aliphatic heterocycles. The summed E-state index contributed by atoms with van der Waals surface area (Å²) in [6.45, 7) is 2.02. The molecular formula is C12H14F3NO3S. The van der Waals surface area contributed by atoms with Crippen LogP contribution in [0.15, 0.2) is 24.3 Å². The molecule has 1 rings (SSSR count). The number of unbranched alkanes of at least 4 members (excludes halogenated alkanes) is 1. The number of carbonyl (C=O) groups is 1. The van der Waals surface area contributed by atoms with E-state index in [1.807, 2.05) is 6.92 Å². The fraction of sp³-hybridized carbons (Fsp3) is 0.417. The highest BCUT2D eigenvalue weighted by Gasteiger charge is 2.47. The zero-order valence-electron chi connectivity index (χ0n) is 10.7. The molecule has 0 aliphatic carbocycles. The van der Waals surface area contributed by atoms with Crippen LogP contribution in [0.3, 0.4) is 0 Å². The number of halogens is 3. The maximum absolute atomic E-state index is 12.1. The third-order valence-corrected chi connectivity index (χ3v) is 3.63. The molecule has 1 amide bonds. The van der Waals surface area contributed by atoms with Crippen molar-refractivity contribution in [1.29, 1.82) is 0 Å². The van der Waals surface area contributed by atoms with Crippen LogP contribution in [0.1, 0.15) is 35.7 Å². The van der Waals surface area contributed by atoms with Crippen molar-refractivity contribution in [3.63, 3.8) is 0 Å². The number of amides is 1. The van der Waals surface area contributed by atoms with E-state index >= 15 is 0 Å². The summed E-state index contributed by atoms with van der Waals surface area (Å²) in [5.41, 5.74) is -4.72. The van der Waals surface area contributed by atoms with Crippen molar-refractivity contribution in [2.45, 2.75) is 31.7 Å². The quantitative estimate of drug-likeness (QED) is 0.909. The van der Waals surface area contributed by atoms with Gasteiger partial charge in [0.25, 0.3) is 5.91 Å². The van der Waals surface area contributed by atoms with Crippen LogP contribution in [-0.4, -0.2) is 19.8 Å². The van der Waals surface area contributed by atoms with E-state index in [0.717, 1.165) is 29.5 Å². The Bertz CT molecular complexity index is 565. The van der Waals surface area contributed by atoms with E-state index in [2.05, 4.69) is 0 Å². The lowest BCUT2D eigenvalue weighted by molar-refractivity contribution is -0.0446. The van der Waals surface area contributed by atoms with Crippen molar-refractivity contribution in [2.75, 3.05) is 0 Å². The molecule has 0 fully saturated rings. The lowest BCUT2D eigenvalue weighted by Gasteiger charge is -2.09. The Hall–Kier alpha value is -1.57. The fourth-order valence-electron chi connectivity index (χ4n) is 1.44. The molecule has 8 heteroatoms. The molecule has 0 saturated carbocycles. The smallest absolute Gasteiger partial charge is 0.268 e. The van der Waals surface area contributed by atoms with Crippen LogP contribution in [0.5, 0.6) is 0 Å². The average molecular weight is 309 g/mol. The van der Waals surface area contributed by atoms with Gasteiger partial charge >= 0.3 is 15.5 Å². The Kier molecular flexibility index (Phi) is 5.15. The first kappa shape index (κ1) is 16.5. The lowest BCUT2D eigenvalue weighted by Crippen LogP contribution is -2.40. The molecule has 112 valence electrons. The molecule has 0 radical (unpaired) electrons. The number of nitrogens with one attached hydrogen (secondary N) is 1. The minimum Gasteiger partial charge on any atom is -0.268 e. The second-order valence-electron chi connectivity index (χ2n) is 4.18. The van der Waals surface area contributed by atoms with Crippen LogP contribution in [0.25, 0.3) is 0 Å². The molecule has 1 aromatic rings. The van der Waals surface area contributed by atoms with Gasteiger partial charge in [-0.3, -0.25) is 4.79 Å². The Morgan fingerprint density at radius 1 is 1.20 bits per heavy atom. The molecule has 0 saturated heterocycles. The second kappa shape index (κ2) is 6.25. The first-order valence-electron chi connectivity index (χ1n) is 5.89. The van der Waals surface area contributed by atoms with E-state index in [1.54, 1.807) is 12.1 Å². The van der Waals surface area contributed by atoms with Gasteiger partial charge in [-0.05, 0) is 30.5 Å². The number of hydrogen-bond acceptors (Lipinski definition) is 3. The highest BCUT2D eigenvalue weighted by atomic mass is 32.2. The predicted molar refractivity (Wildman–Crippen MR) is 67.5 cm³/mol. The largest absolute Gasteiger partial charge is 0.516 e. The highest BCUT2D eigenvalue weighted by Crippen LogP contribution is 2.22. The van der Waals surface area contributed by atoms with Gasteiger partial charge in [-0.15, -0.1) is 0 Å². The number of carbonyl (C=O) groups excluding carboxylic acids is 1. The Balaban J connectivity index is 2.79. The molecule has 0 heterocycles. The summed E-state index contributed by atoms with van der Waals surface area (Å²) in [6.07, 6.45) is 2.74. The summed E-state index contributed by atoms with van der Waals surface area (Å²) in [7, 11) is -5.67. The van der Waals surface area contributed by atoms with Crippen LogP contribution in [0, 0.1) is 0 Å². The van der Waals surface area contributed by atoms with Crippen LogP contribution in [0.4, 0.5) is 13.2 Å². The second-order valence-corrected chi connectivity index (χ2v) is 5.85. The molecule has 1 aromatic carbocycles. The summed E-state index contributed by atoms with van der Waals surface area (Å²) < 4.78 is 58.9. The standard InChI is InChI=1S/C12H14F3NO3S/c1-2-3-4-9-5-7-10(8-6-9)11(17)16-20(18,19)12(13,14)15/h5-8H,2-4H2,1H3,(H,16,17). The van der Waals surface area contributed by atoms with Crippen LogP contribution >= 0.6 is 0 Å². The molecule has 4 nitrogen and oxygen atoms in total. The van der Waals surface area contributed by atoms with E-state index < -0.39 is 21.4 Å². The van der Waals surface area contributed by atoms with Gasteiger partial charge in [-0.1, -0.05) is 25.5 Å². The molecule has 0 atom stereocenters. The summed E-state index contributed by atoms with van der Waals surface area (Å²) in [5, 5.41) is 0. The monoisotopic (exact) mass is 309 g/mol. The molecule has 0 unspecified atom stereocenters. The summed E-state index contributed by atoms with van der Waals surface area (Å²) in [6, 6.07) is 5.77. The third-order valence-electron chi connectivity index (χ3n) is 2.57. The molecule has 0 aromatic heterocycles. The summed E-state index contributed by atoms with van der Waals surface area (Å²) in [4.78, 5) is 11.4. The SMILES string of the molecule is CCCCc1ccc(C(=O)NS(=O)(=O)C(F)(F)F)cc1. The Morgan fingerprint density at radius 2 is 1.75 bits per heavy atom. The van der Waals surface area contributed by atoms with Crippen molar-refractivity contribution < 1.29 is 26.4 Å². The van der Waals surface area contributed by atoms with Crippen molar-refractivity contribution in [2.24, 2.45) is 0 Å². The van der Waals surface area contributed by atoms with E-state index in [-0.39, 0.29) is 5.56 Å². The lowest BCUT2D eigenvalue weighted by atomic mass is 10.1. The van der Waals surface area contributed by atoms with Gasteiger partial charge in [0.15, 0.2) is 0 Å². The van der Waals surface area contributed by atoms with Crippen molar-refractivity contribution in [3.05, 3.63) is 35.4 Å². The molecule has 0 bridgehead atoms. The number of rotatable bonds is 5. The fourth-order valence-corrected chi connectivity index (χ4v) is 1.92. The van der Waals surface area contributed by atoms with Crippen molar-refractivity contribution in [1.82, 2.24) is 4.72 Å². The molecular weight excluding hydrogens is 295 g/mol. The van der Waals surface area contributed by atoms with Crippen LogP contribution in [-0.2, 0) is 16.4 Å². The maximum atomic E-state index is 12.1. The minimum atomic E-state index is -5.67. The van der Waals surface area contributed by atoms with E-state index in [4.69, 9.17) is 0 Å². The number of aryl methyl sites for hydroxylation is 1. The molecule has 1 N–H and O–H groups in total. The topological polar surface area (TPSA) is 63.2 Å². The van der Waals surface area contributed by atoms with Gasteiger partial charge in [0.05, 0.1) is 0 Å². The van der Waals surface area contributed by atoms with Gasteiger partial charge in [0.2, 0.25) is 0 Å². The first-order valence-corrected chi connectivity index (χ1v) is 7.38. The van der Waals surface area contributed by atoms with Gasteiger partial charge in [0.1, 0.15) is 0 Å². The van der Waals surface area contributed by atoms with Gasteiger partial charge < -0.3 is 0 Å². The van der Waals surface area contributed by atoms with E-state index in [1.165, 1.54) is 12.1 Å². The zero-order valence-corrected chi connectivity index (χ0v) is 11.5. The normalized spacial score (nSPS) is 12.2. The Labute approximate surface area is 115 Å². The maximum Gasteiger partial charge on any atom is 0.516 e. The van der Waals surface area contributed by atoms with Gasteiger partial charge in [-0.2, -0.15) is 21.6 Å². The van der Waals surface area contributed by atoms with E-state index in [0.29, 0.717) is 0 Å². The number of hydrogen-bond donors (Lipinski definition) is 1. The van der Waals surface area contributed by atoms with Crippen molar-refractivity contribution in [3.8, 4) is 0 Å². The molecule has 0 aliphatic rings. The first-order chi connectivity index (χ1) is 9.17.